The van der Waals surface area contributed by atoms with Gasteiger partial charge in [0.1, 0.15) is 6.10 Å². The van der Waals surface area contributed by atoms with E-state index >= 15 is 0 Å². The molecular weight excluding hydrogens is 232 g/mol. The highest BCUT2D eigenvalue weighted by atomic mass is 32.2. The van der Waals surface area contributed by atoms with Crippen molar-refractivity contribution in [3.8, 4) is 0 Å². The molecule has 0 aromatic carbocycles. The molecule has 0 saturated carbocycles. The van der Waals surface area contributed by atoms with E-state index in [2.05, 4.69) is 19.1 Å². The Morgan fingerprint density at radius 1 is 1.43 bits per heavy atom. The number of thioether (sulfide) groups is 2. The molecule has 2 heterocycles. The maximum atomic E-state index is 10.1. The highest BCUT2D eigenvalue weighted by molar-refractivity contribution is 8.06. The van der Waals surface area contributed by atoms with Crippen molar-refractivity contribution >= 4 is 34.9 Å². The second-order valence-corrected chi connectivity index (χ2v) is 7.19. The maximum Gasteiger partial charge on any atom is 0.101 e. The van der Waals surface area contributed by atoms with Crippen LogP contribution in [0, 0.1) is 6.92 Å². The van der Waals surface area contributed by atoms with Gasteiger partial charge in [0.05, 0.1) is 0 Å². The van der Waals surface area contributed by atoms with Crippen LogP contribution >= 0.6 is 34.9 Å². The van der Waals surface area contributed by atoms with Crippen LogP contribution in [0.15, 0.2) is 12.1 Å². The van der Waals surface area contributed by atoms with E-state index in [1.807, 2.05) is 23.5 Å². The zero-order valence-electron chi connectivity index (χ0n) is 8.10. The van der Waals surface area contributed by atoms with Crippen molar-refractivity contribution in [2.75, 3.05) is 17.3 Å². The lowest BCUT2D eigenvalue weighted by Crippen LogP contribution is -2.21. The predicted molar refractivity (Wildman–Crippen MR) is 67.6 cm³/mol. The van der Waals surface area contributed by atoms with Crippen molar-refractivity contribution < 1.29 is 5.11 Å². The van der Waals surface area contributed by atoms with Crippen molar-refractivity contribution in [3.05, 3.63) is 21.9 Å². The summed E-state index contributed by atoms with van der Waals surface area (Å²) in [6.45, 7) is 2.09. The molecule has 4 heteroatoms. The number of hydrogen-bond donors (Lipinski definition) is 1. The normalized spacial score (nSPS) is 24.9. The Labute approximate surface area is 97.3 Å². The first kappa shape index (κ1) is 10.9. The first-order chi connectivity index (χ1) is 6.77. The minimum Gasteiger partial charge on any atom is -0.386 e. The lowest BCUT2D eigenvalue weighted by Gasteiger charge is -2.24. The highest BCUT2D eigenvalue weighted by Gasteiger charge is 2.24. The number of aryl methyl sites for hydroxylation is 1. The Bertz CT molecular complexity index is 291. The van der Waals surface area contributed by atoms with Crippen molar-refractivity contribution in [1.82, 2.24) is 0 Å². The average molecular weight is 246 g/mol. The van der Waals surface area contributed by atoms with E-state index in [9.17, 15) is 5.11 Å². The van der Waals surface area contributed by atoms with Gasteiger partial charge in [0.2, 0.25) is 0 Å². The Hall–Kier alpha value is 0.360. The number of hydrogen-bond acceptors (Lipinski definition) is 4. The molecule has 0 bridgehead atoms. The summed E-state index contributed by atoms with van der Waals surface area (Å²) >= 11 is 5.58. The summed E-state index contributed by atoms with van der Waals surface area (Å²) in [6, 6.07) is 4.15. The van der Waals surface area contributed by atoms with Crippen molar-refractivity contribution in [1.29, 1.82) is 0 Å². The predicted octanol–water partition coefficient (Wildman–Crippen LogP) is 2.94. The van der Waals surface area contributed by atoms with E-state index in [4.69, 9.17) is 0 Å². The van der Waals surface area contributed by atoms with E-state index in [0.717, 1.165) is 10.6 Å². The fourth-order valence-corrected chi connectivity index (χ4v) is 5.24. The molecule has 78 valence electrons. The molecule has 1 fully saturated rings. The molecule has 0 radical (unpaired) electrons. The van der Waals surface area contributed by atoms with Gasteiger partial charge in [0.25, 0.3) is 0 Å². The van der Waals surface area contributed by atoms with Crippen LogP contribution in [-0.2, 0) is 0 Å². The summed E-state index contributed by atoms with van der Waals surface area (Å²) in [6.07, 6.45) is -0.258. The van der Waals surface area contributed by atoms with Crippen molar-refractivity contribution in [2.45, 2.75) is 18.3 Å². The third-order valence-corrected chi connectivity index (χ3v) is 6.17. The topological polar surface area (TPSA) is 20.2 Å². The summed E-state index contributed by atoms with van der Waals surface area (Å²) in [5, 5.41) is 10.5. The van der Waals surface area contributed by atoms with Crippen LogP contribution < -0.4 is 0 Å². The van der Waals surface area contributed by atoms with Gasteiger partial charge in [-0.2, -0.15) is 23.5 Å². The summed E-state index contributed by atoms with van der Waals surface area (Å²) in [4.78, 5) is 2.41. The van der Waals surface area contributed by atoms with Gasteiger partial charge in [-0.1, -0.05) is 0 Å². The van der Waals surface area contributed by atoms with Gasteiger partial charge >= 0.3 is 0 Å². The molecule has 1 aromatic rings. The van der Waals surface area contributed by atoms with Gasteiger partial charge in [-0.3, -0.25) is 0 Å². The van der Waals surface area contributed by atoms with Crippen LogP contribution in [0.2, 0.25) is 0 Å². The molecule has 0 aliphatic carbocycles. The van der Waals surface area contributed by atoms with Crippen LogP contribution in [0.4, 0.5) is 0 Å². The molecule has 1 N–H and O–H groups in total. The molecule has 1 aromatic heterocycles. The van der Waals surface area contributed by atoms with E-state index in [1.165, 1.54) is 16.4 Å². The molecule has 2 rings (SSSR count). The molecule has 2 atom stereocenters. The quantitative estimate of drug-likeness (QED) is 0.866. The van der Waals surface area contributed by atoms with E-state index in [-0.39, 0.29) is 6.10 Å². The zero-order chi connectivity index (χ0) is 9.97. The van der Waals surface area contributed by atoms with Gasteiger partial charge in [-0.05, 0) is 19.1 Å². The number of thiophene rings is 1. The average Bonchev–Trinajstić information content (AvgIpc) is 2.65. The standard InChI is InChI=1S/C10H14OS3/c1-7-2-3-8(14-7)10(11)9-6-12-4-5-13-9/h2-3,9-11H,4-6H2,1H3. The van der Waals surface area contributed by atoms with Gasteiger partial charge in [0.15, 0.2) is 0 Å². The lowest BCUT2D eigenvalue weighted by atomic mass is 10.2. The largest absolute Gasteiger partial charge is 0.386 e. The SMILES string of the molecule is Cc1ccc(C(O)C2CSCCS2)s1. The molecular formula is C10H14OS3. The summed E-state index contributed by atoms with van der Waals surface area (Å²) < 4.78 is 0. The van der Waals surface area contributed by atoms with E-state index < -0.39 is 0 Å². The maximum absolute atomic E-state index is 10.1. The fraction of sp³-hybridized carbons (Fsp3) is 0.600. The van der Waals surface area contributed by atoms with Crippen LogP contribution in [0.25, 0.3) is 0 Å². The monoisotopic (exact) mass is 246 g/mol. The zero-order valence-corrected chi connectivity index (χ0v) is 10.6. The highest BCUT2D eigenvalue weighted by Crippen LogP contribution is 2.35. The molecule has 0 amide bonds. The molecule has 1 nitrogen and oxygen atoms in total. The molecule has 1 aliphatic heterocycles. The number of rotatable bonds is 2. The van der Waals surface area contributed by atoms with Gasteiger partial charge in [-0.15, -0.1) is 11.3 Å². The van der Waals surface area contributed by atoms with Crippen LogP contribution in [-0.4, -0.2) is 27.6 Å². The smallest absolute Gasteiger partial charge is 0.101 e. The molecule has 1 saturated heterocycles. The Morgan fingerprint density at radius 2 is 2.29 bits per heavy atom. The minimum absolute atomic E-state index is 0.258. The molecule has 2 unspecified atom stereocenters. The second kappa shape index (κ2) is 4.92. The van der Waals surface area contributed by atoms with E-state index in [1.54, 1.807) is 11.3 Å². The number of aliphatic hydroxyl groups excluding tert-OH is 1. The summed E-state index contributed by atoms with van der Waals surface area (Å²) in [5.74, 6) is 3.50. The molecule has 1 aliphatic rings. The number of aliphatic hydroxyl groups is 1. The summed E-state index contributed by atoms with van der Waals surface area (Å²) in [5.41, 5.74) is 0. The van der Waals surface area contributed by atoms with Gasteiger partial charge < -0.3 is 5.11 Å². The van der Waals surface area contributed by atoms with Crippen LogP contribution in [0.1, 0.15) is 15.9 Å². The van der Waals surface area contributed by atoms with E-state index in [0.29, 0.717) is 5.25 Å². The van der Waals surface area contributed by atoms with Crippen molar-refractivity contribution in [2.24, 2.45) is 0 Å². The fourth-order valence-electron chi connectivity index (χ4n) is 1.48. The lowest BCUT2D eigenvalue weighted by molar-refractivity contribution is 0.184. The molecule has 0 spiro atoms. The Balaban J connectivity index is 2.03. The minimum atomic E-state index is -0.258. The first-order valence-electron chi connectivity index (χ1n) is 4.71. The molecule has 14 heavy (non-hydrogen) atoms. The van der Waals surface area contributed by atoms with Crippen molar-refractivity contribution in [3.63, 3.8) is 0 Å². The Morgan fingerprint density at radius 3 is 2.86 bits per heavy atom. The Kier molecular flexibility index (Phi) is 3.82. The van der Waals surface area contributed by atoms with Gasteiger partial charge in [0, 0.05) is 32.3 Å². The first-order valence-corrected chi connectivity index (χ1v) is 7.73. The van der Waals surface area contributed by atoms with Gasteiger partial charge in [-0.25, -0.2) is 0 Å². The summed E-state index contributed by atoms with van der Waals surface area (Å²) in [7, 11) is 0. The van der Waals surface area contributed by atoms with Crippen LogP contribution in [0.3, 0.4) is 0 Å². The second-order valence-electron chi connectivity index (χ2n) is 3.38. The third kappa shape index (κ3) is 2.48. The van der Waals surface area contributed by atoms with Crippen LogP contribution in [0.5, 0.6) is 0 Å². The third-order valence-electron chi connectivity index (χ3n) is 2.25.